The number of hydrogen-bond acceptors (Lipinski definition) is 2. The van der Waals surface area contributed by atoms with E-state index < -0.39 is 0 Å². The van der Waals surface area contributed by atoms with Crippen LogP contribution in [0.25, 0.3) is 0 Å². The average Bonchev–Trinajstić information content (AvgIpc) is 2.75. The van der Waals surface area contributed by atoms with Crippen molar-refractivity contribution < 1.29 is 4.79 Å². The molecule has 0 saturated heterocycles. The molecule has 1 aromatic heterocycles. The zero-order chi connectivity index (χ0) is 13.0. The molecule has 0 fully saturated rings. The second kappa shape index (κ2) is 6.36. The average molecular weight is 345 g/mol. The van der Waals surface area contributed by atoms with E-state index in [9.17, 15) is 4.79 Å². The smallest absolute Gasteiger partial charge is 0.224 e. The molecule has 0 spiro atoms. The molecule has 1 heterocycles. The van der Waals surface area contributed by atoms with E-state index in [1.165, 1.54) is 0 Å². The maximum atomic E-state index is 11.8. The van der Waals surface area contributed by atoms with Crippen LogP contribution in [0.15, 0.2) is 40.2 Å². The highest BCUT2D eigenvalue weighted by molar-refractivity contribution is 9.10. The lowest BCUT2D eigenvalue weighted by atomic mass is 10.1. The van der Waals surface area contributed by atoms with Crippen LogP contribution in [-0.4, -0.2) is 5.91 Å². The van der Waals surface area contributed by atoms with E-state index in [0.717, 1.165) is 14.9 Å². The molecule has 0 aliphatic rings. The van der Waals surface area contributed by atoms with Crippen molar-refractivity contribution in [3.8, 4) is 0 Å². The van der Waals surface area contributed by atoms with Gasteiger partial charge in [-0.15, -0.1) is 11.3 Å². The summed E-state index contributed by atoms with van der Waals surface area (Å²) in [6.07, 6.45) is 0.308. The molecule has 0 bridgehead atoms. The second-order valence-electron chi connectivity index (χ2n) is 3.74. The highest BCUT2D eigenvalue weighted by Gasteiger charge is 2.07. The molecular weight excluding hydrogens is 334 g/mol. The molecule has 1 amide bonds. The van der Waals surface area contributed by atoms with Crippen LogP contribution in [0.2, 0.25) is 5.02 Å². The van der Waals surface area contributed by atoms with Gasteiger partial charge in [0, 0.05) is 14.4 Å². The fourth-order valence-electron chi connectivity index (χ4n) is 1.51. The molecule has 18 heavy (non-hydrogen) atoms. The fraction of sp³-hybridized carbons (Fsp3) is 0.154. The zero-order valence-electron chi connectivity index (χ0n) is 9.45. The largest absolute Gasteiger partial charge is 0.351 e. The Balaban J connectivity index is 1.90. The number of thiophene rings is 1. The van der Waals surface area contributed by atoms with E-state index in [0.29, 0.717) is 18.0 Å². The first-order valence-corrected chi connectivity index (χ1v) is 7.44. The van der Waals surface area contributed by atoms with Gasteiger partial charge >= 0.3 is 0 Å². The predicted octanol–water partition coefficient (Wildman–Crippen LogP) is 4.02. The highest BCUT2D eigenvalue weighted by atomic mass is 79.9. The monoisotopic (exact) mass is 343 g/mol. The van der Waals surface area contributed by atoms with Crippen LogP contribution in [0.4, 0.5) is 0 Å². The van der Waals surface area contributed by atoms with Gasteiger partial charge in [0.2, 0.25) is 5.91 Å². The molecule has 0 unspecified atom stereocenters. The topological polar surface area (TPSA) is 29.1 Å². The normalized spacial score (nSPS) is 10.3. The van der Waals surface area contributed by atoms with Gasteiger partial charge in [-0.05, 0) is 39.0 Å². The molecule has 1 aromatic carbocycles. The number of carbonyl (C=O) groups is 1. The summed E-state index contributed by atoms with van der Waals surface area (Å²) in [4.78, 5) is 12.9. The summed E-state index contributed by atoms with van der Waals surface area (Å²) in [6.45, 7) is 0.543. The zero-order valence-corrected chi connectivity index (χ0v) is 12.6. The number of carbonyl (C=O) groups excluding carboxylic acids is 1. The van der Waals surface area contributed by atoms with E-state index in [4.69, 9.17) is 11.6 Å². The van der Waals surface area contributed by atoms with Gasteiger partial charge in [0.15, 0.2) is 0 Å². The number of amides is 1. The van der Waals surface area contributed by atoms with E-state index >= 15 is 0 Å². The molecule has 2 rings (SSSR count). The number of nitrogens with one attached hydrogen (secondary N) is 1. The third-order valence-corrected chi connectivity index (χ3v) is 4.74. The number of hydrogen-bond donors (Lipinski definition) is 1. The summed E-state index contributed by atoms with van der Waals surface area (Å²) < 4.78 is 1.03. The first-order chi connectivity index (χ1) is 8.66. The molecule has 5 heteroatoms. The summed E-state index contributed by atoms with van der Waals surface area (Å²) in [6, 6.07) is 9.36. The van der Waals surface area contributed by atoms with Crippen molar-refractivity contribution in [1.29, 1.82) is 0 Å². The van der Waals surface area contributed by atoms with Gasteiger partial charge in [-0.25, -0.2) is 0 Å². The summed E-state index contributed by atoms with van der Waals surface area (Å²) in [5.41, 5.74) is 0.849. The quantitative estimate of drug-likeness (QED) is 0.891. The van der Waals surface area contributed by atoms with Gasteiger partial charge in [-0.3, -0.25) is 4.79 Å². The fourth-order valence-corrected chi connectivity index (χ4v) is 3.14. The lowest BCUT2D eigenvalue weighted by Crippen LogP contribution is -2.24. The standard InChI is InChI=1S/C13H11BrClNOS/c14-10-5-6-18-12(10)8-16-13(17)7-9-3-1-2-4-11(9)15/h1-6H,7-8H2,(H,16,17). The van der Waals surface area contributed by atoms with Crippen molar-refractivity contribution in [2.45, 2.75) is 13.0 Å². The molecule has 0 aliphatic heterocycles. The maximum absolute atomic E-state index is 11.8. The molecule has 2 aromatic rings. The maximum Gasteiger partial charge on any atom is 0.224 e. The third-order valence-electron chi connectivity index (χ3n) is 2.45. The Kier molecular flexibility index (Phi) is 4.80. The molecule has 2 nitrogen and oxygen atoms in total. The Morgan fingerprint density at radius 2 is 2.11 bits per heavy atom. The van der Waals surface area contributed by atoms with Crippen LogP contribution in [0.3, 0.4) is 0 Å². The summed E-state index contributed by atoms with van der Waals surface area (Å²) in [5.74, 6) is -0.0246. The molecule has 0 aliphatic carbocycles. The Morgan fingerprint density at radius 3 is 2.78 bits per heavy atom. The van der Waals surface area contributed by atoms with Crippen molar-refractivity contribution >= 4 is 44.8 Å². The van der Waals surface area contributed by atoms with Crippen molar-refractivity contribution in [3.05, 3.63) is 55.6 Å². The highest BCUT2D eigenvalue weighted by Crippen LogP contribution is 2.22. The van der Waals surface area contributed by atoms with Crippen LogP contribution in [-0.2, 0) is 17.8 Å². The summed E-state index contributed by atoms with van der Waals surface area (Å²) in [5, 5.41) is 5.50. The number of halogens is 2. The lowest BCUT2D eigenvalue weighted by Gasteiger charge is -2.05. The van der Waals surface area contributed by atoms with Crippen LogP contribution in [0, 0.1) is 0 Å². The SMILES string of the molecule is O=C(Cc1ccccc1Cl)NCc1sccc1Br. The molecule has 1 N–H and O–H groups in total. The molecule has 0 saturated carbocycles. The van der Waals surface area contributed by atoms with Gasteiger partial charge < -0.3 is 5.32 Å². The van der Waals surface area contributed by atoms with Gasteiger partial charge in [0.05, 0.1) is 13.0 Å². The van der Waals surface area contributed by atoms with Gasteiger partial charge in [-0.1, -0.05) is 29.8 Å². The molecule has 0 radical (unpaired) electrons. The Morgan fingerprint density at radius 1 is 1.33 bits per heavy atom. The third kappa shape index (κ3) is 3.57. The minimum atomic E-state index is -0.0246. The van der Waals surface area contributed by atoms with Crippen molar-refractivity contribution in [1.82, 2.24) is 5.32 Å². The second-order valence-corrected chi connectivity index (χ2v) is 6.00. The Labute approximate surface area is 123 Å². The van der Waals surface area contributed by atoms with Crippen molar-refractivity contribution in [3.63, 3.8) is 0 Å². The Bertz CT molecular complexity index is 555. The van der Waals surface area contributed by atoms with Crippen LogP contribution >= 0.6 is 38.9 Å². The summed E-state index contributed by atoms with van der Waals surface area (Å²) >= 11 is 11.1. The molecule has 94 valence electrons. The first kappa shape index (κ1) is 13.6. The lowest BCUT2D eigenvalue weighted by molar-refractivity contribution is -0.120. The Hall–Kier alpha value is -0.840. The molecular formula is C13H11BrClNOS. The van der Waals surface area contributed by atoms with Crippen molar-refractivity contribution in [2.75, 3.05) is 0 Å². The van der Waals surface area contributed by atoms with Gasteiger partial charge in [0.1, 0.15) is 0 Å². The van der Waals surface area contributed by atoms with Crippen molar-refractivity contribution in [2.24, 2.45) is 0 Å². The minimum absolute atomic E-state index is 0.0246. The number of rotatable bonds is 4. The molecule has 0 atom stereocenters. The van der Waals surface area contributed by atoms with E-state index in [2.05, 4.69) is 21.2 Å². The van der Waals surface area contributed by atoms with Gasteiger partial charge in [-0.2, -0.15) is 0 Å². The van der Waals surface area contributed by atoms with Crippen LogP contribution < -0.4 is 5.32 Å². The van der Waals surface area contributed by atoms with E-state index in [-0.39, 0.29) is 5.91 Å². The van der Waals surface area contributed by atoms with Crippen LogP contribution in [0.1, 0.15) is 10.4 Å². The minimum Gasteiger partial charge on any atom is -0.351 e. The van der Waals surface area contributed by atoms with E-state index in [1.54, 1.807) is 17.4 Å². The summed E-state index contributed by atoms with van der Waals surface area (Å²) in [7, 11) is 0. The van der Waals surface area contributed by atoms with Gasteiger partial charge in [0.25, 0.3) is 0 Å². The number of benzene rings is 1. The first-order valence-electron chi connectivity index (χ1n) is 5.39. The van der Waals surface area contributed by atoms with Crippen LogP contribution in [0.5, 0.6) is 0 Å². The predicted molar refractivity (Wildman–Crippen MR) is 79.0 cm³/mol. The van der Waals surface area contributed by atoms with E-state index in [1.807, 2.05) is 29.6 Å².